The van der Waals surface area contributed by atoms with Crippen molar-refractivity contribution in [3.8, 4) is 17.2 Å². The topological polar surface area (TPSA) is 36.9 Å². The maximum Gasteiger partial charge on any atom is 0.119 e. The van der Waals surface area contributed by atoms with Crippen LogP contribution in [0.1, 0.15) is 12.5 Å². The Balaban J connectivity index is 1.53. The van der Waals surface area contributed by atoms with Gasteiger partial charge in [-0.05, 0) is 50.2 Å². The summed E-state index contributed by atoms with van der Waals surface area (Å²) >= 11 is 0. The van der Waals surface area contributed by atoms with Gasteiger partial charge in [0.05, 0.1) is 19.8 Å². The molecule has 0 spiro atoms. The highest BCUT2D eigenvalue weighted by Gasteiger charge is 1.97. The molecule has 23 heavy (non-hydrogen) atoms. The summed E-state index contributed by atoms with van der Waals surface area (Å²) in [5.41, 5.74) is 1.22. The molecule has 4 nitrogen and oxygen atoms in total. The van der Waals surface area contributed by atoms with Crippen LogP contribution in [0.15, 0.2) is 48.5 Å². The fourth-order valence-electron chi connectivity index (χ4n) is 1.97. The minimum absolute atomic E-state index is 0.512. The molecule has 4 heteroatoms. The van der Waals surface area contributed by atoms with E-state index in [1.165, 1.54) is 5.56 Å². The number of hydrogen-bond donors (Lipinski definition) is 0. The lowest BCUT2D eigenvalue weighted by molar-refractivity contribution is 0.0764. The molecule has 0 aliphatic carbocycles. The lowest BCUT2D eigenvalue weighted by Gasteiger charge is -2.09. The maximum absolute atomic E-state index is 5.60. The minimum atomic E-state index is 0.512. The van der Waals surface area contributed by atoms with Crippen LogP contribution in [0.2, 0.25) is 0 Å². The van der Waals surface area contributed by atoms with E-state index in [9.17, 15) is 0 Å². The molecule has 0 aliphatic heterocycles. The van der Waals surface area contributed by atoms with Gasteiger partial charge in [0.15, 0.2) is 0 Å². The van der Waals surface area contributed by atoms with Crippen LogP contribution in [0.25, 0.3) is 0 Å². The molecule has 2 aromatic carbocycles. The third-order valence-electron chi connectivity index (χ3n) is 3.15. The molecule has 0 fully saturated rings. The van der Waals surface area contributed by atoms with Gasteiger partial charge in [0, 0.05) is 0 Å². The molecular weight excluding hydrogens is 292 g/mol. The first-order valence-electron chi connectivity index (χ1n) is 7.91. The lowest BCUT2D eigenvalue weighted by atomic mass is 10.2. The van der Waals surface area contributed by atoms with E-state index in [2.05, 4.69) is 6.92 Å². The summed E-state index contributed by atoms with van der Waals surface area (Å²) in [5, 5.41) is 0. The SMILES string of the molecule is CCOc1ccc(OCCOCCOc2ccc(C)cc2)cc1. The van der Waals surface area contributed by atoms with Gasteiger partial charge in [0.1, 0.15) is 30.5 Å². The van der Waals surface area contributed by atoms with Gasteiger partial charge in [-0.1, -0.05) is 17.7 Å². The van der Waals surface area contributed by atoms with Crippen LogP contribution in [-0.2, 0) is 4.74 Å². The Hall–Kier alpha value is -2.20. The Bertz CT molecular complexity index is 549. The fourth-order valence-corrected chi connectivity index (χ4v) is 1.97. The molecule has 0 atom stereocenters. The molecule has 0 radical (unpaired) electrons. The van der Waals surface area contributed by atoms with Crippen LogP contribution in [0.3, 0.4) is 0 Å². The second-order valence-electron chi connectivity index (χ2n) is 5.03. The molecule has 2 rings (SSSR count). The summed E-state index contributed by atoms with van der Waals surface area (Å²) in [6.07, 6.45) is 0. The summed E-state index contributed by atoms with van der Waals surface area (Å²) < 4.78 is 22.0. The van der Waals surface area contributed by atoms with Gasteiger partial charge in [0.25, 0.3) is 0 Å². The Morgan fingerprint density at radius 1 is 0.609 bits per heavy atom. The van der Waals surface area contributed by atoms with Gasteiger partial charge < -0.3 is 18.9 Å². The smallest absolute Gasteiger partial charge is 0.119 e. The van der Waals surface area contributed by atoms with E-state index < -0.39 is 0 Å². The maximum atomic E-state index is 5.60. The van der Waals surface area contributed by atoms with Crippen LogP contribution in [0, 0.1) is 6.92 Å². The monoisotopic (exact) mass is 316 g/mol. The van der Waals surface area contributed by atoms with Crippen LogP contribution in [0.4, 0.5) is 0 Å². The zero-order chi connectivity index (χ0) is 16.3. The summed E-state index contributed by atoms with van der Waals surface area (Å²) in [5.74, 6) is 2.53. The van der Waals surface area contributed by atoms with Gasteiger partial charge in [-0.2, -0.15) is 0 Å². The second kappa shape index (κ2) is 9.74. The number of hydrogen-bond acceptors (Lipinski definition) is 4. The van der Waals surface area contributed by atoms with E-state index in [1.54, 1.807) is 0 Å². The van der Waals surface area contributed by atoms with Gasteiger partial charge in [-0.15, -0.1) is 0 Å². The van der Waals surface area contributed by atoms with Crippen molar-refractivity contribution in [2.45, 2.75) is 13.8 Å². The standard InChI is InChI=1S/C19H24O4/c1-3-21-17-8-10-19(11-9-17)23-15-13-20-12-14-22-18-6-4-16(2)5-7-18/h4-11H,3,12-15H2,1-2H3. The zero-order valence-corrected chi connectivity index (χ0v) is 13.8. The van der Waals surface area contributed by atoms with Crippen LogP contribution < -0.4 is 14.2 Å². The Kier molecular flexibility index (Phi) is 7.27. The molecule has 0 amide bonds. The number of rotatable bonds is 10. The number of benzene rings is 2. The molecule has 0 aromatic heterocycles. The molecule has 124 valence electrons. The van der Waals surface area contributed by atoms with E-state index in [-0.39, 0.29) is 0 Å². The molecule has 0 saturated heterocycles. The summed E-state index contributed by atoms with van der Waals surface area (Å²) in [7, 11) is 0. The first-order valence-corrected chi connectivity index (χ1v) is 7.91. The molecule has 0 heterocycles. The van der Waals surface area contributed by atoms with E-state index >= 15 is 0 Å². The average Bonchev–Trinajstić information content (AvgIpc) is 2.57. The zero-order valence-electron chi connectivity index (χ0n) is 13.8. The Morgan fingerprint density at radius 3 is 1.52 bits per heavy atom. The van der Waals surface area contributed by atoms with Crippen molar-refractivity contribution in [1.29, 1.82) is 0 Å². The Labute approximate surface area is 137 Å². The van der Waals surface area contributed by atoms with Crippen molar-refractivity contribution >= 4 is 0 Å². The molecule has 0 N–H and O–H groups in total. The van der Waals surface area contributed by atoms with Gasteiger partial charge >= 0.3 is 0 Å². The van der Waals surface area contributed by atoms with Crippen LogP contribution in [0.5, 0.6) is 17.2 Å². The Morgan fingerprint density at radius 2 is 1.04 bits per heavy atom. The van der Waals surface area contributed by atoms with Crippen molar-refractivity contribution in [3.63, 3.8) is 0 Å². The normalized spacial score (nSPS) is 10.3. The lowest BCUT2D eigenvalue weighted by Crippen LogP contribution is -2.12. The molecular formula is C19H24O4. The van der Waals surface area contributed by atoms with Crippen molar-refractivity contribution in [2.24, 2.45) is 0 Å². The molecule has 0 unspecified atom stereocenters. The summed E-state index contributed by atoms with van der Waals surface area (Å²) in [6.45, 7) is 6.80. The van der Waals surface area contributed by atoms with Crippen LogP contribution in [-0.4, -0.2) is 33.0 Å². The van der Waals surface area contributed by atoms with Gasteiger partial charge in [-0.25, -0.2) is 0 Å². The van der Waals surface area contributed by atoms with Gasteiger partial charge in [-0.3, -0.25) is 0 Å². The molecule has 0 bridgehead atoms. The first-order chi connectivity index (χ1) is 11.3. The predicted molar refractivity (Wildman–Crippen MR) is 90.6 cm³/mol. The van der Waals surface area contributed by atoms with E-state index in [0.717, 1.165) is 17.2 Å². The number of ether oxygens (including phenoxy) is 4. The third kappa shape index (κ3) is 6.61. The molecule has 0 saturated carbocycles. The van der Waals surface area contributed by atoms with Crippen molar-refractivity contribution < 1.29 is 18.9 Å². The first kappa shape index (κ1) is 17.2. The third-order valence-corrected chi connectivity index (χ3v) is 3.15. The average molecular weight is 316 g/mol. The van der Waals surface area contributed by atoms with Crippen molar-refractivity contribution in [3.05, 3.63) is 54.1 Å². The van der Waals surface area contributed by atoms with Gasteiger partial charge in [0.2, 0.25) is 0 Å². The van der Waals surface area contributed by atoms with E-state index in [4.69, 9.17) is 18.9 Å². The quantitative estimate of drug-likeness (QED) is 0.624. The highest BCUT2D eigenvalue weighted by Crippen LogP contribution is 2.17. The van der Waals surface area contributed by atoms with Crippen LogP contribution >= 0.6 is 0 Å². The van der Waals surface area contributed by atoms with E-state index in [0.29, 0.717) is 33.0 Å². The second-order valence-corrected chi connectivity index (χ2v) is 5.03. The fraction of sp³-hybridized carbons (Fsp3) is 0.368. The molecule has 2 aromatic rings. The highest BCUT2D eigenvalue weighted by atomic mass is 16.5. The summed E-state index contributed by atoms with van der Waals surface area (Å²) in [6, 6.07) is 15.6. The number of aryl methyl sites for hydroxylation is 1. The largest absolute Gasteiger partial charge is 0.494 e. The highest BCUT2D eigenvalue weighted by molar-refractivity contribution is 5.31. The molecule has 0 aliphatic rings. The van der Waals surface area contributed by atoms with E-state index in [1.807, 2.05) is 55.5 Å². The predicted octanol–water partition coefficient (Wildman–Crippen LogP) is 3.87. The summed E-state index contributed by atoms with van der Waals surface area (Å²) in [4.78, 5) is 0. The van der Waals surface area contributed by atoms with Crippen molar-refractivity contribution in [1.82, 2.24) is 0 Å². The minimum Gasteiger partial charge on any atom is -0.494 e. The van der Waals surface area contributed by atoms with Crippen molar-refractivity contribution in [2.75, 3.05) is 33.0 Å².